The zero-order valence-electron chi connectivity index (χ0n) is 10.7. The van der Waals surface area contributed by atoms with Gasteiger partial charge in [0.05, 0.1) is 23.5 Å². The Kier molecular flexibility index (Phi) is 4.49. The highest BCUT2D eigenvalue weighted by Crippen LogP contribution is 2.23. The molecule has 20 heavy (non-hydrogen) atoms. The molecular formula is C13H14ClNO4S. The molecule has 0 amide bonds. The first-order valence-corrected chi connectivity index (χ1v) is 7.73. The minimum atomic E-state index is -3.72. The Hall–Kier alpha value is -1.34. The van der Waals surface area contributed by atoms with Crippen LogP contribution in [0.1, 0.15) is 17.2 Å². The van der Waals surface area contributed by atoms with Gasteiger partial charge in [0.2, 0.25) is 10.0 Å². The summed E-state index contributed by atoms with van der Waals surface area (Å²) in [6.07, 6.45) is 1.81. The van der Waals surface area contributed by atoms with Crippen LogP contribution in [0.3, 0.4) is 0 Å². The van der Waals surface area contributed by atoms with Gasteiger partial charge in [0.1, 0.15) is 0 Å². The Labute approximate surface area is 122 Å². The molecule has 0 aliphatic rings. The summed E-state index contributed by atoms with van der Waals surface area (Å²) in [6.45, 7) is 1.48. The van der Waals surface area contributed by atoms with E-state index in [2.05, 4.69) is 4.72 Å². The minimum Gasteiger partial charge on any atom is -0.472 e. The average molecular weight is 316 g/mol. The topological polar surface area (TPSA) is 79.5 Å². The lowest BCUT2D eigenvalue weighted by Gasteiger charge is -2.12. The maximum Gasteiger partial charge on any atom is 0.240 e. The van der Waals surface area contributed by atoms with Gasteiger partial charge in [0.25, 0.3) is 0 Å². The SMILES string of the molecule is Cc1c(Cl)cccc1S(=O)(=O)NC[C@@H](O)c1ccoc1. The molecule has 1 atom stereocenters. The fourth-order valence-electron chi connectivity index (χ4n) is 1.73. The highest BCUT2D eigenvalue weighted by molar-refractivity contribution is 7.89. The number of aliphatic hydroxyl groups is 1. The molecule has 0 saturated heterocycles. The van der Waals surface area contributed by atoms with Crippen LogP contribution in [0.4, 0.5) is 0 Å². The molecule has 0 saturated carbocycles. The van der Waals surface area contributed by atoms with Crippen molar-refractivity contribution in [1.29, 1.82) is 0 Å². The molecule has 108 valence electrons. The molecule has 0 aliphatic carbocycles. The Balaban J connectivity index is 2.14. The lowest BCUT2D eigenvalue weighted by atomic mass is 10.2. The van der Waals surface area contributed by atoms with Gasteiger partial charge in [-0.25, -0.2) is 13.1 Å². The fraction of sp³-hybridized carbons (Fsp3) is 0.231. The van der Waals surface area contributed by atoms with Crippen LogP contribution < -0.4 is 4.72 Å². The number of halogens is 1. The third kappa shape index (κ3) is 3.21. The fourth-order valence-corrected chi connectivity index (χ4v) is 3.26. The third-order valence-corrected chi connectivity index (χ3v) is 4.88. The lowest BCUT2D eigenvalue weighted by Crippen LogP contribution is -2.29. The van der Waals surface area contributed by atoms with E-state index >= 15 is 0 Å². The molecule has 0 aliphatic heterocycles. The van der Waals surface area contributed by atoms with Crippen molar-refractivity contribution in [2.24, 2.45) is 0 Å². The summed E-state index contributed by atoms with van der Waals surface area (Å²) in [5.74, 6) is 0. The smallest absolute Gasteiger partial charge is 0.240 e. The van der Waals surface area contributed by atoms with Crippen LogP contribution in [-0.2, 0) is 10.0 Å². The monoisotopic (exact) mass is 315 g/mol. The van der Waals surface area contributed by atoms with Crippen molar-refractivity contribution in [3.05, 3.63) is 52.9 Å². The molecule has 7 heteroatoms. The highest BCUT2D eigenvalue weighted by atomic mass is 35.5. The van der Waals surface area contributed by atoms with Crippen LogP contribution >= 0.6 is 11.6 Å². The van der Waals surface area contributed by atoms with Crippen LogP contribution in [-0.4, -0.2) is 20.1 Å². The normalized spacial score (nSPS) is 13.3. The number of hydrogen-bond acceptors (Lipinski definition) is 4. The van der Waals surface area contributed by atoms with Gasteiger partial charge >= 0.3 is 0 Å². The molecule has 2 N–H and O–H groups in total. The summed E-state index contributed by atoms with van der Waals surface area (Å²) >= 11 is 5.91. The molecular weight excluding hydrogens is 302 g/mol. The van der Waals surface area contributed by atoms with E-state index in [-0.39, 0.29) is 11.4 Å². The first-order chi connectivity index (χ1) is 9.42. The number of nitrogens with one attached hydrogen (secondary N) is 1. The molecule has 1 aromatic carbocycles. The van der Waals surface area contributed by atoms with Gasteiger partial charge in [-0.15, -0.1) is 0 Å². The minimum absolute atomic E-state index is 0.101. The maximum atomic E-state index is 12.2. The van der Waals surface area contributed by atoms with Crippen LogP contribution in [0.2, 0.25) is 5.02 Å². The summed E-state index contributed by atoms with van der Waals surface area (Å²) in [5, 5.41) is 10.2. The van der Waals surface area contributed by atoms with E-state index in [1.165, 1.54) is 18.6 Å². The van der Waals surface area contributed by atoms with Crippen LogP contribution in [0.5, 0.6) is 0 Å². The molecule has 0 fully saturated rings. The Bertz CT molecular complexity index is 682. The third-order valence-electron chi connectivity index (χ3n) is 2.90. The van der Waals surface area contributed by atoms with Crippen LogP contribution in [0.25, 0.3) is 0 Å². The van der Waals surface area contributed by atoms with Crippen molar-refractivity contribution in [3.8, 4) is 0 Å². The van der Waals surface area contributed by atoms with E-state index in [0.717, 1.165) is 0 Å². The van der Waals surface area contributed by atoms with Crippen molar-refractivity contribution in [2.75, 3.05) is 6.54 Å². The summed E-state index contributed by atoms with van der Waals surface area (Å²) in [4.78, 5) is 0.101. The molecule has 2 rings (SSSR count). The molecule has 0 spiro atoms. The first kappa shape index (κ1) is 15.1. The number of aliphatic hydroxyl groups excluding tert-OH is 1. The summed E-state index contributed by atoms with van der Waals surface area (Å²) in [7, 11) is -3.72. The first-order valence-electron chi connectivity index (χ1n) is 5.87. The van der Waals surface area contributed by atoms with Gasteiger partial charge in [-0.3, -0.25) is 0 Å². The predicted molar refractivity (Wildman–Crippen MR) is 75.0 cm³/mol. The molecule has 1 aromatic heterocycles. The molecule has 0 bridgehead atoms. The standard InChI is InChI=1S/C13H14ClNO4S/c1-9-11(14)3-2-4-13(9)20(17,18)15-7-12(16)10-5-6-19-8-10/h2-6,8,12,15-16H,7H2,1H3/t12-/m1/s1. The van der Waals surface area contributed by atoms with Crippen molar-refractivity contribution in [1.82, 2.24) is 4.72 Å². The van der Waals surface area contributed by atoms with E-state index < -0.39 is 16.1 Å². The molecule has 0 radical (unpaired) electrons. The number of hydrogen-bond donors (Lipinski definition) is 2. The number of furan rings is 1. The van der Waals surface area contributed by atoms with Crippen molar-refractivity contribution in [3.63, 3.8) is 0 Å². The van der Waals surface area contributed by atoms with Gasteiger partial charge < -0.3 is 9.52 Å². The van der Waals surface area contributed by atoms with E-state index in [0.29, 0.717) is 16.1 Å². The van der Waals surface area contributed by atoms with Gasteiger partial charge in [-0.1, -0.05) is 17.7 Å². The molecule has 5 nitrogen and oxygen atoms in total. The lowest BCUT2D eigenvalue weighted by molar-refractivity contribution is 0.181. The van der Waals surface area contributed by atoms with E-state index in [1.54, 1.807) is 25.1 Å². The zero-order valence-corrected chi connectivity index (χ0v) is 12.3. The second-order valence-electron chi connectivity index (χ2n) is 4.29. The zero-order chi connectivity index (χ0) is 14.8. The van der Waals surface area contributed by atoms with Gasteiger partial charge in [0, 0.05) is 17.1 Å². The van der Waals surface area contributed by atoms with Crippen LogP contribution in [0.15, 0.2) is 46.1 Å². The van der Waals surface area contributed by atoms with E-state index in [4.69, 9.17) is 16.0 Å². The van der Waals surface area contributed by atoms with Crippen molar-refractivity contribution < 1.29 is 17.9 Å². The quantitative estimate of drug-likeness (QED) is 0.887. The van der Waals surface area contributed by atoms with Gasteiger partial charge in [-0.2, -0.15) is 0 Å². The highest BCUT2D eigenvalue weighted by Gasteiger charge is 2.20. The molecule has 1 heterocycles. The van der Waals surface area contributed by atoms with Gasteiger partial charge in [-0.05, 0) is 30.7 Å². The predicted octanol–water partition coefficient (Wildman–Crippen LogP) is 2.25. The average Bonchev–Trinajstić information content (AvgIpc) is 2.93. The Morgan fingerprint density at radius 3 is 2.80 bits per heavy atom. The molecule has 0 unspecified atom stereocenters. The van der Waals surface area contributed by atoms with E-state index in [9.17, 15) is 13.5 Å². The summed E-state index contributed by atoms with van der Waals surface area (Å²) < 4.78 is 31.5. The second-order valence-corrected chi connectivity index (χ2v) is 6.43. The largest absolute Gasteiger partial charge is 0.472 e. The Morgan fingerprint density at radius 2 is 2.15 bits per heavy atom. The van der Waals surface area contributed by atoms with E-state index in [1.807, 2.05) is 0 Å². The summed E-state index contributed by atoms with van der Waals surface area (Å²) in [6, 6.07) is 6.23. The van der Waals surface area contributed by atoms with Crippen LogP contribution in [0, 0.1) is 6.92 Å². The second kappa shape index (κ2) is 5.97. The Morgan fingerprint density at radius 1 is 1.40 bits per heavy atom. The van der Waals surface area contributed by atoms with Gasteiger partial charge in [0.15, 0.2) is 0 Å². The molecule has 2 aromatic rings. The number of benzene rings is 1. The number of sulfonamides is 1. The summed E-state index contributed by atoms with van der Waals surface area (Å²) in [5.41, 5.74) is 0.981. The van der Waals surface area contributed by atoms with Crippen molar-refractivity contribution in [2.45, 2.75) is 17.9 Å². The van der Waals surface area contributed by atoms with Crippen molar-refractivity contribution >= 4 is 21.6 Å². The maximum absolute atomic E-state index is 12.2. The number of rotatable bonds is 5.